The lowest BCUT2D eigenvalue weighted by Gasteiger charge is -2.09. The molecule has 2 aromatic rings. The molecule has 2 N–H and O–H groups in total. The maximum Gasteiger partial charge on any atom is 0.224 e. The van der Waals surface area contributed by atoms with Gasteiger partial charge >= 0.3 is 0 Å². The zero-order valence-electron chi connectivity index (χ0n) is 10.5. The van der Waals surface area contributed by atoms with Gasteiger partial charge in [-0.2, -0.15) is 0 Å². The van der Waals surface area contributed by atoms with Gasteiger partial charge in [0, 0.05) is 5.02 Å². The summed E-state index contributed by atoms with van der Waals surface area (Å²) in [5, 5.41) is 0.665. The first kappa shape index (κ1) is 13.4. The fourth-order valence-corrected chi connectivity index (χ4v) is 1.75. The number of hydrogen-bond acceptors (Lipinski definition) is 2. The smallest absolute Gasteiger partial charge is 0.224 e. The molecule has 0 aromatic heterocycles. The number of amides is 1. The Morgan fingerprint density at radius 2 is 1.53 bits per heavy atom. The Morgan fingerprint density at radius 1 is 1.05 bits per heavy atom. The minimum absolute atomic E-state index is 0.301. The Balaban J connectivity index is 2.10. The fraction of sp³-hybridized carbons (Fsp3) is 0.133. The van der Waals surface area contributed by atoms with Crippen molar-refractivity contribution in [1.29, 1.82) is 0 Å². The third kappa shape index (κ3) is 3.48. The maximum absolute atomic E-state index is 11.1. The van der Waals surface area contributed by atoms with E-state index in [9.17, 15) is 4.79 Å². The van der Waals surface area contributed by atoms with Gasteiger partial charge in [-0.05, 0) is 48.9 Å². The lowest BCUT2D eigenvalue weighted by molar-refractivity contribution is -0.119. The Hall–Kier alpha value is -2.00. The van der Waals surface area contributed by atoms with E-state index in [2.05, 4.69) is 0 Å². The van der Waals surface area contributed by atoms with Crippen molar-refractivity contribution in [2.24, 2.45) is 5.73 Å². The average Bonchev–Trinajstić information content (AvgIpc) is 2.41. The second-order valence-corrected chi connectivity index (χ2v) is 4.69. The summed E-state index contributed by atoms with van der Waals surface area (Å²) in [5.74, 6) is 0.763. The van der Waals surface area contributed by atoms with Gasteiger partial charge in [0.2, 0.25) is 5.91 Å². The van der Waals surface area contributed by atoms with Crippen molar-refractivity contribution in [2.45, 2.75) is 12.8 Å². The summed E-state index contributed by atoms with van der Waals surface area (Å²) in [5.41, 5.74) is 6.13. The van der Waals surface area contributed by atoms with Gasteiger partial charge in [-0.15, -0.1) is 0 Å². The molecule has 4 heteroatoms. The molecule has 0 spiro atoms. The quantitative estimate of drug-likeness (QED) is 0.924. The second kappa shape index (κ2) is 5.76. The average molecular weight is 276 g/mol. The van der Waals surface area contributed by atoms with E-state index in [0.29, 0.717) is 16.5 Å². The molecule has 98 valence electrons. The van der Waals surface area contributed by atoms with Crippen LogP contribution < -0.4 is 10.5 Å². The van der Waals surface area contributed by atoms with E-state index in [0.717, 1.165) is 5.56 Å². The highest BCUT2D eigenvalue weighted by Crippen LogP contribution is 2.25. The molecule has 1 amide bonds. The number of primary amides is 1. The van der Waals surface area contributed by atoms with E-state index in [4.69, 9.17) is 22.1 Å². The lowest BCUT2D eigenvalue weighted by atomic mass is 10.0. The third-order valence-electron chi connectivity index (χ3n) is 2.86. The van der Waals surface area contributed by atoms with Gasteiger partial charge in [-0.1, -0.05) is 23.7 Å². The summed E-state index contributed by atoms with van der Waals surface area (Å²) < 4.78 is 5.65. The molecule has 0 aliphatic rings. The molecular formula is C15H14ClNO2. The molecule has 1 unspecified atom stereocenters. The Labute approximate surface area is 117 Å². The molecule has 19 heavy (non-hydrogen) atoms. The van der Waals surface area contributed by atoms with Crippen LogP contribution in [-0.2, 0) is 4.79 Å². The highest BCUT2D eigenvalue weighted by atomic mass is 35.5. The van der Waals surface area contributed by atoms with Crippen LogP contribution in [0.25, 0.3) is 0 Å². The predicted molar refractivity (Wildman–Crippen MR) is 75.6 cm³/mol. The van der Waals surface area contributed by atoms with E-state index in [1.165, 1.54) is 0 Å². The molecule has 2 aromatic carbocycles. The Kier molecular flexibility index (Phi) is 4.07. The monoisotopic (exact) mass is 275 g/mol. The van der Waals surface area contributed by atoms with Crippen molar-refractivity contribution < 1.29 is 9.53 Å². The van der Waals surface area contributed by atoms with Gasteiger partial charge < -0.3 is 10.5 Å². The molecule has 0 radical (unpaired) electrons. The number of carbonyl (C=O) groups excluding carboxylic acids is 1. The predicted octanol–water partition coefficient (Wildman–Crippen LogP) is 3.72. The summed E-state index contributed by atoms with van der Waals surface area (Å²) in [7, 11) is 0. The molecule has 1 atom stereocenters. The van der Waals surface area contributed by atoms with E-state index < -0.39 is 0 Å². The van der Waals surface area contributed by atoms with Crippen molar-refractivity contribution in [3.05, 3.63) is 59.1 Å². The molecule has 0 heterocycles. The summed E-state index contributed by atoms with van der Waals surface area (Å²) >= 11 is 5.80. The fourth-order valence-electron chi connectivity index (χ4n) is 1.63. The number of halogens is 1. The molecule has 0 fully saturated rings. The van der Waals surface area contributed by atoms with Crippen molar-refractivity contribution in [3.8, 4) is 11.5 Å². The number of carbonyl (C=O) groups is 1. The van der Waals surface area contributed by atoms with Gasteiger partial charge in [-0.3, -0.25) is 4.79 Å². The number of ether oxygens (including phenoxy) is 1. The second-order valence-electron chi connectivity index (χ2n) is 4.25. The largest absolute Gasteiger partial charge is 0.457 e. The van der Waals surface area contributed by atoms with Crippen LogP contribution in [0.2, 0.25) is 5.02 Å². The normalized spacial score (nSPS) is 11.9. The number of rotatable bonds is 4. The van der Waals surface area contributed by atoms with Crippen LogP contribution in [0.15, 0.2) is 48.5 Å². The van der Waals surface area contributed by atoms with Crippen LogP contribution in [-0.4, -0.2) is 5.91 Å². The SMILES string of the molecule is CC(C(N)=O)c1ccc(Oc2ccc(Cl)cc2)cc1. The Morgan fingerprint density at radius 3 is 2.00 bits per heavy atom. The minimum atomic E-state index is -0.341. The molecule has 2 rings (SSSR count). The number of hydrogen-bond donors (Lipinski definition) is 1. The van der Waals surface area contributed by atoms with E-state index in [1.807, 2.05) is 24.3 Å². The van der Waals surface area contributed by atoms with Crippen molar-refractivity contribution >= 4 is 17.5 Å². The van der Waals surface area contributed by atoms with Gasteiger partial charge in [0.05, 0.1) is 5.92 Å². The highest BCUT2D eigenvalue weighted by Gasteiger charge is 2.11. The lowest BCUT2D eigenvalue weighted by Crippen LogP contribution is -2.18. The van der Waals surface area contributed by atoms with Gasteiger partial charge in [0.15, 0.2) is 0 Å². The summed E-state index contributed by atoms with van der Waals surface area (Å²) in [6, 6.07) is 14.4. The standard InChI is InChI=1S/C15H14ClNO2/c1-10(15(17)18)11-2-6-13(7-3-11)19-14-8-4-12(16)5-9-14/h2-10H,1H3,(H2,17,18). The van der Waals surface area contributed by atoms with E-state index in [-0.39, 0.29) is 11.8 Å². The molecular weight excluding hydrogens is 262 g/mol. The minimum Gasteiger partial charge on any atom is -0.457 e. The number of nitrogens with two attached hydrogens (primary N) is 1. The van der Waals surface area contributed by atoms with E-state index >= 15 is 0 Å². The van der Waals surface area contributed by atoms with Crippen LogP contribution in [0.3, 0.4) is 0 Å². The van der Waals surface area contributed by atoms with Crippen molar-refractivity contribution in [2.75, 3.05) is 0 Å². The third-order valence-corrected chi connectivity index (χ3v) is 3.11. The van der Waals surface area contributed by atoms with Crippen LogP contribution in [0.4, 0.5) is 0 Å². The van der Waals surface area contributed by atoms with Gasteiger partial charge in [0.1, 0.15) is 11.5 Å². The van der Waals surface area contributed by atoms with E-state index in [1.54, 1.807) is 31.2 Å². The highest BCUT2D eigenvalue weighted by molar-refractivity contribution is 6.30. The van der Waals surface area contributed by atoms with Crippen LogP contribution in [0.1, 0.15) is 18.4 Å². The van der Waals surface area contributed by atoms with Gasteiger partial charge in [-0.25, -0.2) is 0 Å². The van der Waals surface area contributed by atoms with Gasteiger partial charge in [0.25, 0.3) is 0 Å². The number of benzene rings is 2. The van der Waals surface area contributed by atoms with Crippen LogP contribution in [0.5, 0.6) is 11.5 Å². The molecule has 0 saturated heterocycles. The van der Waals surface area contributed by atoms with Crippen molar-refractivity contribution in [1.82, 2.24) is 0 Å². The summed E-state index contributed by atoms with van der Waals surface area (Å²) in [6.45, 7) is 1.78. The topological polar surface area (TPSA) is 52.3 Å². The molecule has 0 aliphatic heterocycles. The summed E-state index contributed by atoms with van der Waals surface area (Å²) in [4.78, 5) is 11.1. The van der Waals surface area contributed by atoms with Crippen LogP contribution >= 0.6 is 11.6 Å². The Bertz CT molecular complexity index is 564. The molecule has 0 bridgehead atoms. The van der Waals surface area contributed by atoms with Crippen molar-refractivity contribution in [3.63, 3.8) is 0 Å². The first-order chi connectivity index (χ1) is 9.06. The summed E-state index contributed by atoms with van der Waals surface area (Å²) in [6.07, 6.45) is 0. The molecule has 0 aliphatic carbocycles. The molecule has 3 nitrogen and oxygen atoms in total. The molecule has 0 saturated carbocycles. The first-order valence-electron chi connectivity index (χ1n) is 5.89. The zero-order chi connectivity index (χ0) is 13.8. The zero-order valence-corrected chi connectivity index (χ0v) is 11.2. The first-order valence-corrected chi connectivity index (χ1v) is 6.27. The van der Waals surface area contributed by atoms with Crippen LogP contribution in [0, 0.1) is 0 Å². The maximum atomic E-state index is 11.1.